The third-order valence-corrected chi connectivity index (χ3v) is 5.29. The molecule has 2 aromatic rings. The van der Waals surface area contributed by atoms with Gasteiger partial charge in [0.15, 0.2) is 0 Å². The quantitative estimate of drug-likeness (QED) is 0.423. The summed E-state index contributed by atoms with van der Waals surface area (Å²) in [5, 5.41) is 9.93. The molecule has 1 amide bonds. The first-order chi connectivity index (χ1) is 16.0. The molecule has 0 unspecified atom stereocenters. The second-order valence-electron chi connectivity index (χ2n) is 6.99. The van der Waals surface area contributed by atoms with E-state index < -0.39 is 0 Å². The molecule has 0 bridgehead atoms. The molecule has 3 rings (SSSR count). The highest BCUT2D eigenvalue weighted by Gasteiger charge is 2.20. The number of aryl methyl sites for hydroxylation is 1. The fourth-order valence-corrected chi connectivity index (χ4v) is 3.20. The molecule has 2 heterocycles. The minimum absolute atomic E-state index is 0. The van der Waals surface area contributed by atoms with E-state index in [9.17, 15) is 4.79 Å². The van der Waals surface area contributed by atoms with Gasteiger partial charge in [-0.2, -0.15) is 10.1 Å². The number of halogens is 3. The monoisotopic (exact) mass is 532 g/mol. The second-order valence-corrected chi connectivity index (χ2v) is 7.80. The Hall–Kier alpha value is -2.21. The van der Waals surface area contributed by atoms with Crippen molar-refractivity contribution in [1.82, 2.24) is 15.3 Å². The van der Waals surface area contributed by atoms with E-state index in [1.54, 1.807) is 24.1 Å². The Morgan fingerprint density at radius 1 is 1.15 bits per heavy atom. The molecule has 10 nitrogen and oxygen atoms in total. The number of amidine groups is 1. The van der Waals surface area contributed by atoms with Gasteiger partial charge in [0.2, 0.25) is 0 Å². The molecule has 13 heteroatoms. The SMILES string of the molecule is Cc1nc(OCCOCCOCCN)ncc1C(=O)NC1=NN(c2ccc(Cl)c(Cl)c2)CC1.Cl. The Bertz CT molecular complexity index is 995. The van der Waals surface area contributed by atoms with Crippen molar-refractivity contribution >= 4 is 53.0 Å². The van der Waals surface area contributed by atoms with Crippen molar-refractivity contribution in [3.05, 3.63) is 45.7 Å². The van der Waals surface area contributed by atoms with Crippen LogP contribution in [0.5, 0.6) is 6.01 Å². The van der Waals surface area contributed by atoms with Gasteiger partial charge in [-0.05, 0) is 25.1 Å². The number of nitrogens with two attached hydrogens (primary N) is 1. The van der Waals surface area contributed by atoms with Crippen molar-refractivity contribution in [2.45, 2.75) is 13.3 Å². The number of carbonyl (C=O) groups excluding carboxylic acids is 1. The van der Waals surface area contributed by atoms with Gasteiger partial charge in [-0.25, -0.2) is 4.98 Å². The van der Waals surface area contributed by atoms with Crippen LogP contribution in [0.2, 0.25) is 10.0 Å². The standard InChI is InChI=1S/C21H26Cl2N6O4.ClH/c1-14-16(13-25-21(26-14)33-11-10-32-9-8-31-7-5-24)20(30)27-19-4-6-29(28-19)15-2-3-17(22)18(23)12-15;/h2-3,12-13H,4-11,24H2,1H3,(H,27,28,30);1H. The van der Waals surface area contributed by atoms with Crippen LogP contribution in [0.4, 0.5) is 5.69 Å². The highest BCUT2D eigenvalue weighted by atomic mass is 35.5. The number of carbonyl (C=O) groups is 1. The fourth-order valence-electron chi connectivity index (χ4n) is 2.91. The average Bonchev–Trinajstić information content (AvgIpc) is 3.26. The summed E-state index contributed by atoms with van der Waals surface area (Å²) in [6, 6.07) is 5.44. The van der Waals surface area contributed by atoms with Gasteiger partial charge in [-0.3, -0.25) is 9.80 Å². The zero-order valence-electron chi connectivity index (χ0n) is 18.6. The van der Waals surface area contributed by atoms with E-state index >= 15 is 0 Å². The third kappa shape index (κ3) is 8.23. The van der Waals surface area contributed by atoms with Crippen molar-refractivity contribution in [2.75, 3.05) is 51.1 Å². The van der Waals surface area contributed by atoms with Gasteiger partial charge in [0.1, 0.15) is 12.4 Å². The van der Waals surface area contributed by atoms with E-state index in [0.29, 0.717) is 73.1 Å². The smallest absolute Gasteiger partial charge is 0.316 e. The first kappa shape index (κ1) is 28.0. The van der Waals surface area contributed by atoms with Crippen molar-refractivity contribution in [3.8, 4) is 6.01 Å². The van der Waals surface area contributed by atoms with Gasteiger partial charge in [-0.15, -0.1) is 12.4 Å². The molecule has 0 fully saturated rings. The molecule has 0 saturated carbocycles. The Balaban J connectivity index is 0.00000408. The molecular weight excluding hydrogens is 507 g/mol. The topological polar surface area (TPSA) is 124 Å². The van der Waals surface area contributed by atoms with Crippen molar-refractivity contribution in [1.29, 1.82) is 0 Å². The lowest BCUT2D eigenvalue weighted by atomic mass is 10.2. The summed E-state index contributed by atoms with van der Waals surface area (Å²) in [7, 11) is 0. The predicted octanol–water partition coefficient (Wildman–Crippen LogP) is 2.84. The fraction of sp³-hybridized carbons (Fsp3) is 0.429. The number of rotatable bonds is 11. The molecule has 34 heavy (non-hydrogen) atoms. The van der Waals surface area contributed by atoms with E-state index in [0.717, 1.165) is 5.69 Å². The maximum atomic E-state index is 12.7. The van der Waals surface area contributed by atoms with E-state index in [2.05, 4.69) is 20.4 Å². The lowest BCUT2D eigenvalue weighted by Crippen LogP contribution is -2.30. The number of nitrogens with one attached hydrogen (secondary N) is 1. The maximum Gasteiger partial charge on any atom is 0.316 e. The summed E-state index contributed by atoms with van der Waals surface area (Å²) in [6.45, 7) is 4.90. The van der Waals surface area contributed by atoms with Gasteiger partial charge in [0, 0.05) is 25.7 Å². The van der Waals surface area contributed by atoms with Gasteiger partial charge in [0.25, 0.3) is 5.91 Å². The number of amides is 1. The van der Waals surface area contributed by atoms with Gasteiger partial charge in [-0.1, -0.05) is 23.2 Å². The van der Waals surface area contributed by atoms with Crippen LogP contribution in [0, 0.1) is 6.92 Å². The average molecular weight is 534 g/mol. The summed E-state index contributed by atoms with van der Waals surface area (Å²) in [6.07, 6.45) is 2.01. The van der Waals surface area contributed by atoms with E-state index in [1.807, 2.05) is 6.07 Å². The maximum absolute atomic E-state index is 12.7. The minimum atomic E-state index is -0.338. The number of hydrazone groups is 1. The molecule has 186 valence electrons. The van der Waals surface area contributed by atoms with Crippen molar-refractivity contribution in [2.24, 2.45) is 10.8 Å². The number of benzene rings is 1. The first-order valence-corrected chi connectivity index (χ1v) is 11.2. The molecule has 0 radical (unpaired) electrons. The first-order valence-electron chi connectivity index (χ1n) is 10.4. The minimum Gasteiger partial charge on any atom is -0.461 e. The summed E-state index contributed by atoms with van der Waals surface area (Å²) >= 11 is 12.0. The summed E-state index contributed by atoms with van der Waals surface area (Å²) in [4.78, 5) is 21.0. The van der Waals surface area contributed by atoms with Crippen LogP contribution in [0.25, 0.3) is 0 Å². The van der Waals surface area contributed by atoms with Crippen LogP contribution in [-0.2, 0) is 9.47 Å². The summed E-state index contributed by atoms with van der Waals surface area (Å²) in [5.41, 5.74) is 6.96. The summed E-state index contributed by atoms with van der Waals surface area (Å²) < 4.78 is 16.1. The van der Waals surface area contributed by atoms with Gasteiger partial charge in [0.05, 0.1) is 53.4 Å². The molecule has 0 spiro atoms. The Labute approximate surface area is 214 Å². The zero-order valence-corrected chi connectivity index (χ0v) is 21.0. The van der Waals surface area contributed by atoms with Crippen LogP contribution in [0.1, 0.15) is 22.5 Å². The lowest BCUT2D eigenvalue weighted by Gasteiger charge is -2.13. The molecule has 0 saturated heterocycles. The van der Waals surface area contributed by atoms with Crippen LogP contribution >= 0.6 is 35.6 Å². The van der Waals surface area contributed by atoms with Gasteiger partial charge >= 0.3 is 6.01 Å². The van der Waals surface area contributed by atoms with Crippen LogP contribution in [0.3, 0.4) is 0 Å². The zero-order chi connectivity index (χ0) is 23.6. The van der Waals surface area contributed by atoms with Crippen LogP contribution in [0.15, 0.2) is 29.5 Å². The molecule has 0 atom stereocenters. The van der Waals surface area contributed by atoms with E-state index in [-0.39, 0.29) is 30.9 Å². The largest absolute Gasteiger partial charge is 0.461 e. The number of hydrogen-bond acceptors (Lipinski definition) is 9. The van der Waals surface area contributed by atoms with Crippen molar-refractivity contribution in [3.63, 3.8) is 0 Å². The number of hydrogen-bond donors (Lipinski definition) is 2. The number of nitrogens with zero attached hydrogens (tertiary/aromatic N) is 4. The normalized spacial score (nSPS) is 12.8. The van der Waals surface area contributed by atoms with Crippen LogP contribution < -0.4 is 20.8 Å². The Morgan fingerprint density at radius 3 is 2.59 bits per heavy atom. The molecule has 3 N–H and O–H groups in total. The van der Waals surface area contributed by atoms with E-state index in [4.69, 9.17) is 43.1 Å². The molecule has 1 aromatic heterocycles. The molecule has 1 aromatic carbocycles. The van der Waals surface area contributed by atoms with Gasteiger partial charge < -0.3 is 25.3 Å². The molecule has 1 aliphatic rings. The molecular formula is C21H27Cl3N6O4. The molecule has 1 aliphatic heterocycles. The third-order valence-electron chi connectivity index (χ3n) is 4.56. The van der Waals surface area contributed by atoms with Crippen LogP contribution in [-0.4, -0.2) is 67.8 Å². The highest BCUT2D eigenvalue weighted by Crippen LogP contribution is 2.28. The van der Waals surface area contributed by atoms with E-state index in [1.165, 1.54) is 6.20 Å². The Kier molecular flexibility index (Phi) is 11.7. The summed E-state index contributed by atoms with van der Waals surface area (Å²) in [5.74, 6) is 0.202. The highest BCUT2D eigenvalue weighted by molar-refractivity contribution is 6.42. The predicted molar refractivity (Wildman–Crippen MR) is 134 cm³/mol. The number of ether oxygens (including phenoxy) is 3. The second kappa shape index (κ2) is 14.2. The molecule has 0 aliphatic carbocycles. The number of anilines is 1. The van der Waals surface area contributed by atoms with Crippen molar-refractivity contribution < 1.29 is 19.0 Å². The number of aromatic nitrogens is 2. The lowest BCUT2D eigenvalue weighted by molar-refractivity contribution is 0.0376. The Morgan fingerprint density at radius 2 is 1.88 bits per heavy atom.